The molecule has 0 unspecified atom stereocenters. The van der Waals surface area contributed by atoms with E-state index in [-0.39, 0.29) is 5.41 Å². The fraction of sp³-hybridized carbons (Fsp3) is 0.0600. The Morgan fingerprint density at radius 3 is 1.96 bits per heavy atom. The molecule has 3 aromatic heterocycles. The van der Waals surface area contributed by atoms with E-state index in [1.165, 1.54) is 37.7 Å². The maximum atomic E-state index is 7.51. The maximum Gasteiger partial charge on any atom is 0.187 e. The highest BCUT2D eigenvalue weighted by molar-refractivity contribution is 7.27. The molecule has 1 aliphatic carbocycles. The standard InChI is InChI=1S/C50H31N5S/c1-50(2)40-18-9-7-14-33(40)39-28-31(22-27-41(39)50)48-53-47(30-20-23-32(51-3)24-21-30)54-49(55-48)38-17-11-16-34-35-25-26-37-43(46(35)56-45(34)38)36-15-8-10-19-42(36)52-44(37)29-12-5-4-6-13-29/h4-28H,1-2H3. The summed E-state index contributed by atoms with van der Waals surface area (Å²) >= 11 is 1.79. The van der Waals surface area contributed by atoms with Crippen molar-refractivity contribution in [2.45, 2.75) is 19.3 Å². The molecule has 262 valence electrons. The van der Waals surface area contributed by atoms with Crippen LogP contribution in [0.4, 0.5) is 5.69 Å². The lowest BCUT2D eigenvalue weighted by atomic mass is 9.82. The average Bonchev–Trinajstić information content (AvgIpc) is 3.75. The third-order valence-electron chi connectivity index (χ3n) is 11.3. The molecule has 0 spiro atoms. The Bertz CT molecular complexity index is 3280. The Labute approximate surface area is 327 Å². The first kappa shape index (κ1) is 32.4. The second kappa shape index (κ2) is 12.2. The highest BCUT2D eigenvalue weighted by Crippen LogP contribution is 2.50. The quantitative estimate of drug-likeness (QED) is 0.133. The second-order valence-corrected chi connectivity index (χ2v) is 15.9. The van der Waals surface area contributed by atoms with E-state index >= 15 is 0 Å². The van der Waals surface area contributed by atoms with Gasteiger partial charge in [0.1, 0.15) is 0 Å². The van der Waals surface area contributed by atoms with Crippen molar-refractivity contribution >= 4 is 58.9 Å². The first-order valence-corrected chi connectivity index (χ1v) is 19.5. The van der Waals surface area contributed by atoms with Crippen molar-refractivity contribution in [3.05, 3.63) is 174 Å². The van der Waals surface area contributed by atoms with Gasteiger partial charge in [-0.15, -0.1) is 11.3 Å². The predicted molar refractivity (Wildman–Crippen MR) is 231 cm³/mol. The van der Waals surface area contributed by atoms with Gasteiger partial charge in [0, 0.05) is 64.0 Å². The van der Waals surface area contributed by atoms with E-state index in [4.69, 9.17) is 26.5 Å². The van der Waals surface area contributed by atoms with Gasteiger partial charge in [-0.25, -0.2) is 24.8 Å². The largest absolute Gasteiger partial charge is 0.247 e. The molecule has 3 heterocycles. The summed E-state index contributed by atoms with van der Waals surface area (Å²) < 4.78 is 2.33. The summed E-state index contributed by atoms with van der Waals surface area (Å²) in [5.74, 6) is 1.78. The summed E-state index contributed by atoms with van der Waals surface area (Å²) in [6, 6.07) is 52.6. The van der Waals surface area contributed by atoms with E-state index in [1.807, 2.05) is 30.3 Å². The first-order valence-electron chi connectivity index (χ1n) is 18.7. The normalized spacial score (nSPS) is 12.9. The Morgan fingerprint density at radius 2 is 1.12 bits per heavy atom. The monoisotopic (exact) mass is 733 g/mol. The number of rotatable bonds is 4. The summed E-state index contributed by atoms with van der Waals surface area (Å²) in [5.41, 5.74) is 11.3. The van der Waals surface area contributed by atoms with Gasteiger partial charge in [0.05, 0.1) is 17.8 Å². The summed E-state index contributed by atoms with van der Waals surface area (Å²) in [5, 5.41) is 5.82. The van der Waals surface area contributed by atoms with Crippen LogP contribution >= 0.6 is 11.3 Å². The Hall–Kier alpha value is -7.07. The van der Waals surface area contributed by atoms with E-state index in [9.17, 15) is 0 Å². The van der Waals surface area contributed by atoms with E-state index in [2.05, 4.69) is 140 Å². The summed E-state index contributed by atoms with van der Waals surface area (Å²) in [4.78, 5) is 24.3. The van der Waals surface area contributed by atoms with Crippen LogP contribution in [0.1, 0.15) is 25.0 Å². The number of thiophene rings is 1. The number of pyridine rings is 1. The van der Waals surface area contributed by atoms with Crippen molar-refractivity contribution in [2.75, 3.05) is 0 Å². The third kappa shape index (κ3) is 4.85. The minimum atomic E-state index is -0.102. The van der Waals surface area contributed by atoms with Crippen molar-refractivity contribution in [1.29, 1.82) is 0 Å². The van der Waals surface area contributed by atoms with Crippen LogP contribution in [0.5, 0.6) is 0 Å². The van der Waals surface area contributed by atoms with Crippen molar-refractivity contribution < 1.29 is 0 Å². The van der Waals surface area contributed by atoms with Gasteiger partial charge in [-0.3, -0.25) is 0 Å². The van der Waals surface area contributed by atoms with Gasteiger partial charge in [-0.2, -0.15) is 0 Å². The molecule has 0 amide bonds. The fourth-order valence-corrected chi connectivity index (χ4v) is 9.95. The van der Waals surface area contributed by atoms with Gasteiger partial charge in [0.25, 0.3) is 0 Å². The van der Waals surface area contributed by atoms with Crippen LogP contribution in [-0.2, 0) is 5.41 Å². The number of aromatic nitrogens is 4. The molecule has 7 aromatic carbocycles. The van der Waals surface area contributed by atoms with E-state index < -0.39 is 0 Å². The van der Waals surface area contributed by atoms with Gasteiger partial charge in [0.2, 0.25) is 0 Å². The zero-order valence-corrected chi connectivity index (χ0v) is 31.4. The minimum Gasteiger partial charge on any atom is -0.247 e. The first-order chi connectivity index (χ1) is 27.5. The number of nitrogens with zero attached hydrogens (tertiary/aromatic N) is 5. The van der Waals surface area contributed by atoms with Crippen molar-refractivity contribution in [2.24, 2.45) is 0 Å². The van der Waals surface area contributed by atoms with Gasteiger partial charge in [0.15, 0.2) is 23.2 Å². The van der Waals surface area contributed by atoms with Crippen molar-refractivity contribution in [1.82, 2.24) is 19.9 Å². The molecule has 11 rings (SSSR count). The molecular weight excluding hydrogens is 703 g/mol. The fourth-order valence-electron chi connectivity index (χ4n) is 8.58. The smallest absolute Gasteiger partial charge is 0.187 e. The third-order valence-corrected chi connectivity index (χ3v) is 12.6. The molecule has 0 atom stereocenters. The molecular formula is C50H31N5S. The van der Waals surface area contributed by atoms with E-state index in [0.717, 1.165) is 54.3 Å². The molecule has 10 aromatic rings. The lowest BCUT2D eigenvalue weighted by molar-refractivity contribution is 0.660. The number of benzene rings is 7. The Balaban J connectivity index is 1.16. The van der Waals surface area contributed by atoms with Crippen molar-refractivity contribution in [3.8, 4) is 56.5 Å². The van der Waals surface area contributed by atoms with Gasteiger partial charge in [-0.1, -0.05) is 147 Å². The van der Waals surface area contributed by atoms with Crippen molar-refractivity contribution in [3.63, 3.8) is 0 Å². The average molecular weight is 734 g/mol. The molecule has 0 fully saturated rings. The van der Waals surface area contributed by atoms with Crippen LogP contribution in [0.3, 0.4) is 0 Å². The molecule has 0 saturated heterocycles. The van der Waals surface area contributed by atoms with Crippen LogP contribution in [0, 0.1) is 6.57 Å². The summed E-state index contributed by atoms with van der Waals surface area (Å²) in [7, 11) is 0. The van der Waals surface area contributed by atoms with Crippen LogP contribution in [-0.4, -0.2) is 19.9 Å². The maximum absolute atomic E-state index is 7.51. The highest BCUT2D eigenvalue weighted by Gasteiger charge is 2.35. The van der Waals surface area contributed by atoms with Gasteiger partial charge >= 0.3 is 0 Å². The Kier molecular flexibility index (Phi) is 7.07. The number of para-hydroxylation sites is 1. The zero-order valence-electron chi connectivity index (χ0n) is 30.6. The lowest BCUT2D eigenvalue weighted by Gasteiger charge is -2.21. The molecule has 6 heteroatoms. The predicted octanol–water partition coefficient (Wildman–Crippen LogP) is 13.5. The number of fused-ring (bicyclic) bond motifs is 10. The molecule has 0 saturated carbocycles. The molecule has 5 nitrogen and oxygen atoms in total. The summed E-state index contributed by atoms with van der Waals surface area (Å²) in [6.45, 7) is 12.1. The van der Waals surface area contributed by atoms with Gasteiger partial charge in [-0.05, 0) is 40.5 Å². The molecule has 0 N–H and O–H groups in total. The second-order valence-electron chi connectivity index (χ2n) is 14.9. The Morgan fingerprint density at radius 1 is 0.482 bits per heavy atom. The minimum absolute atomic E-state index is 0.102. The molecule has 0 aliphatic heterocycles. The lowest BCUT2D eigenvalue weighted by Crippen LogP contribution is -2.14. The molecule has 1 aliphatic rings. The van der Waals surface area contributed by atoms with Crippen LogP contribution in [0.25, 0.3) is 103 Å². The van der Waals surface area contributed by atoms with E-state index in [1.54, 1.807) is 11.3 Å². The van der Waals surface area contributed by atoms with Crippen LogP contribution in [0.2, 0.25) is 0 Å². The highest BCUT2D eigenvalue weighted by atomic mass is 32.1. The van der Waals surface area contributed by atoms with Gasteiger partial charge < -0.3 is 0 Å². The van der Waals surface area contributed by atoms with Crippen LogP contribution in [0.15, 0.2) is 152 Å². The molecule has 56 heavy (non-hydrogen) atoms. The molecule has 0 bridgehead atoms. The number of hydrogen-bond acceptors (Lipinski definition) is 5. The molecule has 0 radical (unpaired) electrons. The topological polar surface area (TPSA) is 55.9 Å². The van der Waals surface area contributed by atoms with Crippen LogP contribution < -0.4 is 0 Å². The SMILES string of the molecule is [C-]#[N+]c1ccc(-c2nc(-c3ccc4c(c3)-c3ccccc3C4(C)C)nc(-c3cccc4c3sc3c4ccc4c(-c5ccccc5)nc5ccccc5c43)n2)cc1. The summed E-state index contributed by atoms with van der Waals surface area (Å²) in [6.07, 6.45) is 0. The zero-order chi connectivity index (χ0) is 37.5. The van der Waals surface area contributed by atoms with E-state index in [0.29, 0.717) is 23.2 Å². The number of hydrogen-bond donors (Lipinski definition) is 0.